The van der Waals surface area contributed by atoms with Gasteiger partial charge in [0.05, 0.1) is 18.2 Å². The van der Waals surface area contributed by atoms with Crippen LogP contribution < -0.4 is 21.5 Å². The van der Waals surface area contributed by atoms with Crippen LogP contribution in [-0.2, 0) is 43.0 Å². The van der Waals surface area contributed by atoms with Crippen molar-refractivity contribution in [2.45, 2.75) is 200 Å². The van der Waals surface area contributed by atoms with Crippen LogP contribution in [0.4, 0.5) is 0 Å². The second-order valence-corrected chi connectivity index (χ2v) is 20.9. The maximum absolute atomic E-state index is 15.2. The van der Waals surface area contributed by atoms with Gasteiger partial charge in [0.15, 0.2) is 11.4 Å². The molecule has 0 bridgehead atoms. The smallest absolute Gasteiger partial charge is 0.326 e. The van der Waals surface area contributed by atoms with E-state index in [4.69, 9.17) is 9.47 Å². The van der Waals surface area contributed by atoms with Crippen molar-refractivity contribution < 1.29 is 68.7 Å². The van der Waals surface area contributed by atoms with Crippen molar-refractivity contribution in [1.29, 1.82) is 0 Å². The number of likely N-dealkylation sites (N-methyl/N-ethyl adjacent to an activating group) is 1. The van der Waals surface area contributed by atoms with E-state index < -0.39 is 120 Å². The number of ketones is 1. The number of ether oxygens (including phenoxy) is 2. The SMILES string of the molecule is C/C=C(\C)C(=O)C(C)/C=C(\C)C1OC(O)(C(C)(O)C(=O)NC2C(=O)N3NCCCC3C(=O)N(O)C(C)C(=O)N(C)C(CC(C)C)C(=O)N3NCCCC3C(O)NC(C(C)O)C(=O)OC2C(C)C)CCC1C. The minimum atomic E-state index is -2.84. The van der Waals surface area contributed by atoms with Crippen LogP contribution in [0.1, 0.15) is 128 Å². The lowest BCUT2D eigenvalue weighted by molar-refractivity contribution is -0.321. The Bertz CT molecular complexity index is 2010. The molecule has 4 rings (SSSR count). The Balaban J connectivity index is 1.84. The number of aliphatic hydroxyl groups is 4. The number of hydrazine groups is 2. The summed E-state index contributed by atoms with van der Waals surface area (Å²) in [6, 6.07) is -9.06. The fourth-order valence-electron chi connectivity index (χ4n) is 9.74. The summed E-state index contributed by atoms with van der Waals surface area (Å²) < 4.78 is 12.2. The Labute approximate surface area is 417 Å². The molecule has 0 aromatic heterocycles. The van der Waals surface area contributed by atoms with Crippen LogP contribution in [0.15, 0.2) is 23.3 Å². The largest absolute Gasteiger partial charge is 0.458 e. The molecule has 0 aliphatic carbocycles. The van der Waals surface area contributed by atoms with E-state index in [-0.39, 0.29) is 61.3 Å². The van der Waals surface area contributed by atoms with E-state index in [0.29, 0.717) is 30.5 Å². The molecule has 71 heavy (non-hydrogen) atoms. The fraction of sp³-hybridized carbons (Fsp3) is 0.776. The minimum absolute atomic E-state index is 0.0587. The number of esters is 1. The molecule has 0 saturated carbocycles. The Morgan fingerprint density at radius 2 is 1.54 bits per heavy atom. The number of nitrogens with zero attached hydrogens (tertiary/aromatic N) is 4. The van der Waals surface area contributed by atoms with Gasteiger partial charge in [0, 0.05) is 32.5 Å². The van der Waals surface area contributed by atoms with Gasteiger partial charge in [0.2, 0.25) is 11.7 Å². The number of allylic oxidation sites excluding steroid dienone is 3. The number of aliphatic hydroxyl groups excluding tert-OH is 2. The number of fused-ring (bicyclic) bond motifs is 2. The lowest BCUT2D eigenvalue weighted by atomic mass is 9.80. The van der Waals surface area contributed by atoms with Crippen LogP contribution in [0.5, 0.6) is 0 Å². The first kappa shape index (κ1) is 59.2. The van der Waals surface area contributed by atoms with Crippen molar-refractivity contribution in [3.05, 3.63) is 23.3 Å². The van der Waals surface area contributed by atoms with Gasteiger partial charge in [0.25, 0.3) is 23.6 Å². The highest BCUT2D eigenvalue weighted by Crippen LogP contribution is 2.41. The monoisotopic (exact) mass is 1010 g/mol. The number of cyclic esters (lactones) is 1. The van der Waals surface area contributed by atoms with Crippen LogP contribution in [0.25, 0.3) is 0 Å². The lowest BCUT2D eigenvalue weighted by Gasteiger charge is -2.48. The molecule has 5 amide bonds. The number of hydroxylamine groups is 2. The molecule has 0 aromatic carbocycles. The van der Waals surface area contributed by atoms with E-state index in [1.54, 1.807) is 53.7 Å². The van der Waals surface area contributed by atoms with Crippen molar-refractivity contribution in [1.82, 2.24) is 41.5 Å². The average Bonchev–Trinajstić information content (AvgIpc) is 3.33. The third-order valence-corrected chi connectivity index (χ3v) is 14.5. The highest BCUT2D eigenvalue weighted by atomic mass is 16.6. The Morgan fingerprint density at radius 1 is 0.930 bits per heavy atom. The zero-order valence-electron chi connectivity index (χ0n) is 43.8. The van der Waals surface area contributed by atoms with Crippen molar-refractivity contribution >= 4 is 41.3 Å². The van der Waals surface area contributed by atoms with Gasteiger partial charge in [-0.25, -0.2) is 15.9 Å². The topological polar surface area (TPSA) is 300 Å². The maximum atomic E-state index is 15.2. The van der Waals surface area contributed by atoms with E-state index >= 15 is 4.79 Å². The van der Waals surface area contributed by atoms with E-state index in [0.717, 1.165) is 16.8 Å². The van der Waals surface area contributed by atoms with E-state index in [2.05, 4.69) is 21.5 Å². The first-order chi connectivity index (χ1) is 33.0. The Morgan fingerprint density at radius 3 is 2.11 bits per heavy atom. The molecule has 22 nitrogen and oxygen atoms in total. The number of amides is 5. The van der Waals surface area contributed by atoms with Gasteiger partial charge in [0.1, 0.15) is 42.5 Å². The molecule has 4 heterocycles. The molecular weight excluding hydrogens is 925 g/mol. The molecule has 0 radical (unpaired) electrons. The summed E-state index contributed by atoms with van der Waals surface area (Å²) >= 11 is 0. The van der Waals surface area contributed by atoms with Crippen LogP contribution >= 0.6 is 0 Å². The third kappa shape index (κ3) is 13.2. The molecule has 14 atom stereocenters. The van der Waals surface area contributed by atoms with Crippen molar-refractivity contribution in [3.63, 3.8) is 0 Å². The summed E-state index contributed by atoms with van der Waals surface area (Å²) in [6.45, 7) is 19.5. The first-order valence-corrected chi connectivity index (χ1v) is 25.1. The highest BCUT2D eigenvalue weighted by Gasteiger charge is 2.58. The molecular formula is C49H82N8O14. The second-order valence-electron chi connectivity index (χ2n) is 20.9. The second kappa shape index (κ2) is 24.6. The predicted molar refractivity (Wildman–Crippen MR) is 257 cm³/mol. The minimum Gasteiger partial charge on any atom is -0.458 e. The van der Waals surface area contributed by atoms with Gasteiger partial charge in [-0.2, -0.15) is 0 Å². The summed E-state index contributed by atoms with van der Waals surface area (Å²) in [5, 5.41) is 66.2. The van der Waals surface area contributed by atoms with Gasteiger partial charge >= 0.3 is 5.97 Å². The van der Waals surface area contributed by atoms with E-state index in [1.165, 1.54) is 25.9 Å². The Kier molecular flexibility index (Phi) is 20.5. The normalized spacial score (nSPS) is 33.6. The number of rotatable bonds is 11. The Hall–Kier alpha value is -4.39. The molecule has 4 aliphatic heterocycles. The lowest BCUT2D eigenvalue weighted by Crippen LogP contribution is -2.70. The van der Waals surface area contributed by atoms with Gasteiger partial charge in [-0.05, 0) is 109 Å². The predicted octanol–water partition coefficient (Wildman–Crippen LogP) is 0.553. The van der Waals surface area contributed by atoms with Gasteiger partial charge in [-0.3, -0.25) is 54.1 Å². The van der Waals surface area contributed by atoms with Crippen LogP contribution in [0, 0.1) is 23.7 Å². The number of hydrogen-bond donors (Lipinski definition) is 9. The van der Waals surface area contributed by atoms with Gasteiger partial charge < -0.3 is 40.1 Å². The number of hydrogen-bond acceptors (Lipinski definition) is 17. The molecule has 22 heteroatoms. The zero-order valence-corrected chi connectivity index (χ0v) is 43.8. The quantitative estimate of drug-likeness (QED) is 0.0591. The van der Waals surface area contributed by atoms with Crippen LogP contribution in [-0.4, -0.2) is 179 Å². The molecule has 4 aliphatic rings. The van der Waals surface area contributed by atoms with Gasteiger partial charge in [-0.15, -0.1) is 0 Å². The summed E-state index contributed by atoms with van der Waals surface area (Å²) in [7, 11) is 1.35. The number of Topliss-reactive ketones (excluding diaryl/α,β-unsaturated/α-hetero) is 1. The van der Waals surface area contributed by atoms with Crippen molar-refractivity contribution in [2.75, 3.05) is 20.1 Å². The fourth-order valence-corrected chi connectivity index (χ4v) is 9.74. The molecule has 402 valence electrons. The molecule has 0 aromatic rings. The maximum Gasteiger partial charge on any atom is 0.326 e. The molecule has 0 spiro atoms. The standard InChI is InChI=1S/C49H82N8O14/c1-14-27(6)38(59)29(8)24-30(9)40-28(7)19-20-49(68,71-40)48(12,67)47(66)53-37-39(26(4)5)70-46(65)36(32(11)58)52-41(60)33-17-15-21-50-55(33)43(62)35(23-25(2)3)54(13)42(61)31(10)57(69)44(63)34-18-16-22-51-56(34)45(37)64/h14,24-26,28-29,31-37,39-41,50-52,58,60,67-69H,15-23H2,1-13H3,(H,53,66)/b27-14+,30-24+. The van der Waals surface area contributed by atoms with Crippen LogP contribution in [0.2, 0.25) is 0 Å². The van der Waals surface area contributed by atoms with Gasteiger partial charge in [-0.1, -0.05) is 53.7 Å². The van der Waals surface area contributed by atoms with E-state index in [1.807, 2.05) is 20.8 Å². The number of carbonyl (C=O) groups excluding carboxylic acids is 7. The highest BCUT2D eigenvalue weighted by molar-refractivity contribution is 5.98. The van der Waals surface area contributed by atoms with Crippen molar-refractivity contribution in [2.24, 2.45) is 23.7 Å². The van der Waals surface area contributed by atoms with Crippen LogP contribution in [0.3, 0.4) is 0 Å². The molecule has 14 unspecified atom stereocenters. The molecule has 4 saturated heterocycles. The third-order valence-electron chi connectivity index (χ3n) is 14.5. The summed E-state index contributed by atoms with van der Waals surface area (Å²) in [4.78, 5) is 101. The average molecular weight is 1010 g/mol. The molecule has 9 N–H and O–H groups in total. The zero-order chi connectivity index (χ0) is 53.6. The summed E-state index contributed by atoms with van der Waals surface area (Å²) in [5.41, 5.74) is 4.12. The van der Waals surface area contributed by atoms with Crippen molar-refractivity contribution in [3.8, 4) is 0 Å². The molecule has 4 fully saturated rings. The summed E-state index contributed by atoms with van der Waals surface area (Å²) in [5.74, 6) is -10.7. The first-order valence-electron chi connectivity index (χ1n) is 25.1. The summed E-state index contributed by atoms with van der Waals surface area (Å²) in [6.07, 6.45) is -1.37. The number of nitrogens with one attached hydrogen (secondary N) is 4. The van der Waals surface area contributed by atoms with E-state index in [9.17, 15) is 54.4 Å². The number of carbonyl (C=O) groups is 7.